The van der Waals surface area contributed by atoms with Crippen LogP contribution in [0, 0.1) is 0 Å². The average molecular weight is 275 g/mol. The molecule has 6 heteroatoms. The number of aromatic hydroxyl groups is 1. The van der Waals surface area contributed by atoms with Crippen LogP contribution < -0.4 is 10.3 Å². The summed E-state index contributed by atoms with van der Waals surface area (Å²) in [7, 11) is 0. The van der Waals surface area contributed by atoms with E-state index in [0.717, 1.165) is 30.1 Å². The molecule has 0 aromatic heterocycles. The van der Waals surface area contributed by atoms with Gasteiger partial charge in [-0.25, -0.2) is 5.43 Å². The van der Waals surface area contributed by atoms with E-state index >= 15 is 0 Å². The second kappa shape index (κ2) is 5.50. The van der Waals surface area contributed by atoms with Crippen molar-refractivity contribution in [2.75, 3.05) is 31.2 Å². The lowest BCUT2D eigenvalue weighted by Gasteiger charge is -2.29. The summed E-state index contributed by atoms with van der Waals surface area (Å²) < 4.78 is 5.31. The first-order valence-electron chi connectivity index (χ1n) is 6.75. The Kier molecular flexibility index (Phi) is 3.56. The number of carbonyl (C=O) groups excluding carboxylic acids is 1. The number of ether oxygens (including phenoxy) is 1. The SMILES string of the molecule is O=C1CCC(c2ccc(N3CCOCC3)c(O)c2)=NN1. The molecule has 2 aliphatic heterocycles. The zero-order valence-corrected chi connectivity index (χ0v) is 11.1. The summed E-state index contributed by atoms with van der Waals surface area (Å²) in [6.45, 7) is 2.92. The summed E-state index contributed by atoms with van der Waals surface area (Å²) in [4.78, 5) is 13.2. The first-order valence-corrected chi connectivity index (χ1v) is 6.75. The highest BCUT2D eigenvalue weighted by molar-refractivity contribution is 6.04. The predicted octanol–water partition coefficient (Wildman–Crippen LogP) is 0.843. The first kappa shape index (κ1) is 12.9. The normalized spacial score (nSPS) is 19.5. The Balaban J connectivity index is 1.82. The minimum atomic E-state index is -0.0668. The Bertz CT molecular complexity index is 551. The minimum Gasteiger partial charge on any atom is -0.506 e. The summed E-state index contributed by atoms with van der Waals surface area (Å²) in [5, 5.41) is 14.2. The van der Waals surface area contributed by atoms with E-state index < -0.39 is 0 Å². The van der Waals surface area contributed by atoms with Gasteiger partial charge in [-0.05, 0) is 12.1 Å². The molecule has 1 amide bonds. The Hall–Kier alpha value is -2.08. The lowest BCUT2D eigenvalue weighted by atomic mass is 10.0. The molecule has 106 valence electrons. The van der Waals surface area contributed by atoms with Gasteiger partial charge in [-0.3, -0.25) is 4.79 Å². The molecule has 3 rings (SSSR count). The fourth-order valence-electron chi connectivity index (χ4n) is 2.46. The van der Waals surface area contributed by atoms with Gasteiger partial charge >= 0.3 is 0 Å². The van der Waals surface area contributed by atoms with Crippen molar-refractivity contribution in [3.05, 3.63) is 23.8 Å². The zero-order chi connectivity index (χ0) is 13.9. The molecule has 20 heavy (non-hydrogen) atoms. The highest BCUT2D eigenvalue weighted by Gasteiger charge is 2.18. The van der Waals surface area contributed by atoms with Crippen molar-refractivity contribution >= 4 is 17.3 Å². The maximum atomic E-state index is 11.1. The van der Waals surface area contributed by atoms with Gasteiger partial charge in [0.1, 0.15) is 5.75 Å². The van der Waals surface area contributed by atoms with Crippen LogP contribution >= 0.6 is 0 Å². The summed E-state index contributed by atoms with van der Waals surface area (Å²) in [5.74, 6) is 0.173. The van der Waals surface area contributed by atoms with E-state index in [1.54, 1.807) is 6.07 Å². The van der Waals surface area contributed by atoms with Gasteiger partial charge in [0.25, 0.3) is 0 Å². The molecule has 0 saturated carbocycles. The molecule has 0 atom stereocenters. The van der Waals surface area contributed by atoms with Crippen molar-refractivity contribution in [1.82, 2.24) is 5.43 Å². The second-order valence-electron chi connectivity index (χ2n) is 4.90. The Morgan fingerprint density at radius 3 is 2.70 bits per heavy atom. The second-order valence-corrected chi connectivity index (χ2v) is 4.90. The third kappa shape index (κ3) is 2.60. The molecule has 0 aliphatic carbocycles. The summed E-state index contributed by atoms with van der Waals surface area (Å²) in [5.41, 5.74) is 4.93. The molecule has 1 saturated heterocycles. The Morgan fingerprint density at radius 2 is 2.05 bits per heavy atom. The number of benzene rings is 1. The maximum Gasteiger partial charge on any atom is 0.240 e. The van der Waals surface area contributed by atoms with Gasteiger partial charge in [0, 0.05) is 31.5 Å². The standard InChI is InChI=1S/C14H17N3O3/c18-13-9-10(11-2-4-14(19)16-15-11)1-3-12(13)17-5-7-20-8-6-17/h1,3,9,18H,2,4-8H2,(H,16,19). The number of nitrogens with zero attached hydrogens (tertiary/aromatic N) is 2. The fraction of sp³-hybridized carbons (Fsp3) is 0.429. The van der Waals surface area contributed by atoms with Crippen molar-refractivity contribution in [2.24, 2.45) is 5.10 Å². The van der Waals surface area contributed by atoms with Crippen molar-refractivity contribution in [3.8, 4) is 5.75 Å². The first-order chi connectivity index (χ1) is 9.74. The van der Waals surface area contributed by atoms with Crippen molar-refractivity contribution in [3.63, 3.8) is 0 Å². The number of phenols is 1. The van der Waals surface area contributed by atoms with Crippen LogP contribution in [0.5, 0.6) is 5.75 Å². The molecule has 0 unspecified atom stereocenters. The van der Waals surface area contributed by atoms with Gasteiger partial charge in [-0.1, -0.05) is 6.07 Å². The fourth-order valence-corrected chi connectivity index (χ4v) is 2.46. The molecular weight excluding hydrogens is 258 g/mol. The monoisotopic (exact) mass is 275 g/mol. The number of hydrazone groups is 1. The van der Waals surface area contributed by atoms with Crippen LogP contribution in [0.3, 0.4) is 0 Å². The molecular formula is C14H17N3O3. The number of carbonyl (C=O) groups is 1. The zero-order valence-electron chi connectivity index (χ0n) is 11.1. The smallest absolute Gasteiger partial charge is 0.240 e. The molecule has 1 fully saturated rings. The largest absolute Gasteiger partial charge is 0.506 e. The van der Waals surface area contributed by atoms with Gasteiger partial charge in [0.05, 0.1) is 24.6 Å². The molecule has 1 aromatic rings. The van der Waals surface area contributed by atoms with Crippen LogP contribution in [0.1, 0.15) is 18.4 Å². The lowest BCUT2D eigenvalue weighted by molar-refractivity contribution is -0.121. The van der Waals surface area contributed by atoms with Gasteiger partial charge in [0.2, 0.25) is 5.91 Å². The number of morpholine rings is 1. The van der Waals surface area contributed by atoms with Crippen LogP contribution in [-0.4, -0.2) is 43.0 Å². The van der Waals surface area contributed by atoms with Gasteiger partial charge in [-0.2, -0.15) is 5.10 Å². The van der Waals surface area contributed by atoms with E-state index in [-0.39, 0.29) is 11.7 Å². The summed E-state index contributed by atoms with van der Waals surface area (Å²) in [6, 6.07) is 5.54. The molecule has 2 heterocycles. The van der Waals surface area contributed by atoms with Crippen molar-refractivity contribution < 1.29 is 14.6 Å². The van der Waals surface area contributed by atoms with Crippen LogP contribution in [-0.2, 0) is 9.53 Å². The van der Waals surface area contributed by atoms with E-state index in [1.807, 2.05) is 12.1 Å². The molecule has 1 aromatic carbocycles. The number of anilines is 1. The molecule has 0 radical (unpaired) electrons. The van der Waals surface area contributed by atoms with Gasteiger partial charge < -0.3 is 14.7 Å². The van der Waals surface area contributed by atoms with E-state index in [0.29, 0.717) is 26.1 Å². The summed E-state index contributed by atoms with van der Waals surface area (Å²) >= 11 is 0. The number of nitrogens with one attached hydrogen (secondary N) is 1. The molecule has 2 N–H and O–H groups in total. The maximum absolute atomic E-state index is 11.1. The Labute approximate surface area is 117 Å². The topological polar surface area (TPSA) is 74.2 Å². The average Bonchev–Trinajstić information content (AvgIpc) is 2.49. The number of rotatable bonds is 2. The third-order valence-electron chi connectivity index (χ3n) is 3.56. The number of phenolic OH excluding ortho intramolecular Hbond substituents is 1. The summed E-state index contributed by atoms with van der Waals surface area (Å²) in [6.07, 6.45) is 1.03. The van der Waals surface area contributed by atoms with Crippen molar-refractivity contribution in [1.29, 1.82) is 0 Å². The quantitative estimate of drug-likeness (QED) is 0.839. The molecule has 2 aliphatic rings. The third-order valence-corrected chi connectivity index (χ3v) is 3.56. The van der Waals surface area contributed by atoms with E-state index in [2.05, 4.69) is 15.4 Å². The van der Waals surface area contributed by atoms with Gasteiger partial charge in [-0.15, -0.1) is 0 Å². The predicted molar refractivity (Wildman–Crippen MR) is 75.1 cm³/mol. The number of amides is 1. The molecule has 0 spiro atoms. The van der Waals surface area contributed by atoms with Crippen LogP contribution in [0.25, 0.3) is 0 Å². The van der Waals surface area contributed by atoms with Crippen LogP contribution in [0.2, 0.25) is 0 Å². The number of hydrogen-bond donors (Lipinski definition) is 2. The van der Waals surface area contributed by atoms with Crippen LogP contribution in [0.4, 0.5) is 5.69 Å². The van der Waals surface area contributed by atoms with E-state index in [4.69, 9.17) is 4.74 Å². The van der Waals surface area contributed by atoms with Gasteiger partial charge in [0.15, 0.2) is 0 Å². The van der Waals surface area contributed by atoms with Crippen molar-refractivity contribution in [2.45, 2.75) is 12.8 Å². The molecule has 6 nitrogen and oxygen atoms in total. The minimum absolute atomic E-state index is 0.0668. The Morgan fingerprint density at radius 1 is 1.25 bits per heavy atom. The van der Waals surface area contributed by atoms with E-state index in [1.165, 1.54) is 0 Å². The highest BCUT2D eigenvalue weighted by Crippen LogP contribution is 2.29. The van der Waals surface area contributed by atoms with E-state index in [9.17, 15) is 9.90 Å². The molecule has 0 bridgehead atoms. The number of hydrogen-bond acceptors (Lipinski definition) is 5. The highest BCUT2D eigenvalue weighted by atomic mass is 16.5. The van der Waals surface area contributed by atoms with Crippen LogP contribution in [0.15, 0.2) is 23.3 Å². The lowest BCUT2D eigenvalue weighted by Crippen LogP contribution is -2.36.